The van der Waals surface area contributed by atoms with Gasteiger partial charge >= 0.3 is 6.09 Å². The Balaban J connectivity index is 1.14. The first-order valence-corrected chi connectivity index (χ1v) is 14.0. The minimum absolute atomic E-state index is 0.270. The number of benzene rings is 1. The standard InChI is InChI=1S/C27H41FN6O4/c1-2-3-18-38-27(37)31-34-12-9-20(10-13-34)8-11-32-14-16-33(17-15-32)24-6-4-21(19-22(24)28)29-23-5-7-25(35)30-26(23)36/h4,6,19-20,23,29H,2-3,5,7-18H2,1H3,(H,31,37)(H,30,35,36). The summed E-state index contributed by atoms with van der Waals surface area (Å²) in [4.78, 5) is 39.6. The number of unbranched alkanes of at least 4 members (excludes halogenated alkanes) is 1. The molecule has 3 amide bonds. The molecule has 11 heteroatoms. The first-order chi connectivity index (χ1) is 18.4. The van der Waals surface area contributed by atoms with Crippen molar-refractivity contribution in [3.63, 3.8) is 0 Å². The fraction of sp³-hybridized carbons (Fsp3) is 0.667. The highest BCUT2D eigenvalue weighted by atomic mass is 19.1. The highest BCUT2D eigenvalue weighted by molar-refractivity contribution is 6.01. The number of hydrazine groups is 1. The van der Waals surface area contributed by atoms with Crippen molar-refractivity contribution in [2.45, 2.75) is 57.9 Å². The van der Waals surface area contributed by atoms with E-state index >= 15 is 0 Å². The number of hydrogen-bond donors (Lipinski definition) is 3. The van der Waals surface area contributed by atoms with Gasteiger partial charge in [0.25, 0.3) is 0 Å². The number of anilines is 2. The van der Waals surface area contributed by atoms with Crippen LogP contribution in [-0.4, -0.2) is 86.3 Å². The number of piperazine rings is 1. The number of imide groups is 1. The molecule has 0 aliphatic carbocycles. The summed E-state index contributed by atoms with van der Waals surface area (Å²) >= 11 is 0. The van der Waals surface area contributed by atoms with Gasteiger partial charge in [-0.05, 0) is 62.8 Å². The highest BCUT2D eigenvalue weighted by Crippen LogP contribution is 2.26. The third-order valence-corrected chi connectivity index (χ3v) is 7.69. The van der Waals surface area contributed by atoms with Crippen LogP contribution in [0.5, 0.6) is 0 Å². The molecule has 10 nitrogen and oxygen atoms in total. The second-order valence-electron chi connectivity index (χ2n) is 10.5. The van der Waals surface area contributed by atoms with Crippen LogP contribution in [0, 0.1) is 11.7 Å². The van der Waals surface area contributed by atoms with E-state index in [0.29, 0.717) is 30.3 Å². The summed E-state index contributed by atoms with van der Waals surface area (Å²) in [7, 11) is 0. The smallest absolute Gasteiger partial charge is 0.421 e. The van der Waals surface area contributed by atoms with Gasteiger partial charge in [-0.2, -0.15) is 0 Å². The number of halogens is 1. The number of ether oxygens (including phenoxy) is 1. The summed E-state index contributed by atoms with van der Waals surface area (Å²) in [6.45, 7) is 8.55. The number of carbonyl (C=O) groups is 3. The fourth-order valence-electron chi connectivity index (χ4n) is 5.27. The van der Waals surface area contributed by atoms with Crippen molar-refractivity contribution in [2.75, 3.05) is 62.6 Å². The number of nitrogens with one attached hydrogen (secondary N) is 3. The average Bonchev–Trinajstić information content (AvgIpc) is 2.91. The summed E-state index contributed by atoms with van der Waals surface area (Å²) < 4.78 is 20.1. The van der Waals surface area contributed by atoms with Gasteiger partial charge < -0.3 is 15.0 Å². The van der Waals surface area contributed by atoms with Crippen molar-refractivity contribution in [3.8, 4) is 0 Å². The van der Waals surface area contributed by atoms with E-state index in [4.69, 9.17) is 4.74 Å². The van der Waals surface area contributed by atoms with E-state index in [1.54, 1.807) is 12.1 Å². The average molecular weight is 533 g/mol. The van der Waals surface area contributed by atoms with E-state index in [1.807, 2.05) is 5.01 Å². The van der Waals surface area contributed by atoms with Crippen LogP contribution < -0.4 is 21.0 Å². The molecule has 210 valence electrons. The maximum atomic E-state index is 14.9. The minimum Gasteiger partial charge on any atom is -0.449 e. The van der Waals surface area contributed by atoms with Gasteiger partial charge in [0.2, 0.25) is 11.8 Å². The molecule has 0 spiro atoms. The molecule has 3 N–H and O–H groups in total. The maximum absolute atomic E-state index is 14.9. The Morgan fingerprint density at radius 2 is 1.87 bits per heavy atom. The van der Waals surface area contributed by atoms with Crippen LogP contribution in [0.2, 0.25) is 0 Å². The molecule has 0 bridgehead atoms. The fourth-order valence-corrected chi connectivity index (χ4v) is 5.27. The number of amides is 3. The molecule has 3 aliphatic heterocycles. The zero-order valence-corrected chi connectivity index (χ0v) is 22.3. The van der Waals surface area contributed by atoms with Crippen LogP contribution in [0.25, 0.3) is 0 Å². The molecular formula is C27H41FN6O4. The van der Waals surface area contributed by atoms with Gasteiger partial charge in [0.1, 0.15) is 11.9 Å². The first kappa shape index (κ1) is 28.1. The molecule has 3 saturated heterocycles. The van der Waals surface area contributed by atoms with Crippen LogP contribution in [0.3, 0.4) is 0 Å². The van der Waals surface area contributed by atoms with E-state index in [1.165, 1.54) is 6.07 Å². The molecule has 3 aliphatic rings. The Labute approximate surface area is 224 Å². The Kier molecular flexibility index (Phi) is 10.2. The Hall–Kier alpha value is -2.92. The summed E-state index contributed by atoms with van der Waals surface area (Å²) in [5.74, 6) is -0.311. The molecule has 38 heavy (non-hydrogen) atoms. The van der Waals surface area contributed by atoms with Gasteiger partial charge in [-0.15, -0.1) is 0 Å². The van der Waals surface area contributed by atoms with E-state index in [9.17, 15) is 18.8 Å². The molecule has 3 heterocycles. The highest BCUT2D eigenvalue weighted by Gasteiger charge is 2.27. The third kappa shape index (κ3) is 8.04. The van der Waals surface area contributed by atoms with E-state index in [0.717, 1.165) is 77.9 Å². The molecule has 4 rings (SSSR count). The molecule has 1 unspecified atom stereocenters. The lowest BCUT2D eigenvalue weighted by atomic mass is 9.94. The third-order valence-electron chi connectivity index (χ3n) is 7.69. The van der Waals surface area contributed by atoms with Crippen LogP contribution >= 0.6 is 0 Å². The van der Waals surface area contributed by atoms with Crippen molar-refractivity contribution in [1.29, 1.82) is 0 Å². The molecule has 0 radical (unpaired) electrons. The van der Waals surface area contributed by atoms with Crippen LogP contribution in [0.4, 0.5) is 20.6 Å². The van der Waals surface area contributed by atoms with Crippen LogP contribution in [-0.2, 0) is 14.3 Å². The molecular weight excluding hydrogens is 491 g/mol. The van der Waals surface area contributed by atoms with Crippen LogP contribution in [0.1, 0.15) is 51.9 Å². The van der Waals surface area contributed by atoms with E-state index in [-0.39, 0.29) is 30.1 Å². The lowest BCUT2D eigenvalue weighted by Gasteiger charge is -2.37. The number of hydrogen-bond acceptors (Lipinski definition) is 8. The van der Waals surface area contributed by atoms with Crippen molar-refractivity contribution < 1.29 is 23.5 Å². The second kappa shape index (κ2) is 13.7. The lowest BCUT2D eigenvalue weighted by Crippen LogP contribution is -2.48. The van der Waals surface area contributed by atoms with E-state index < -0.39 is 6.04 Å². The predicted octanol–water partition coefficient (Wildman–Crippen LogP) is 2.71. The Morgan fingerprint density at radius 1 is 1.11 bits per heavy atom. The van der Waals surface area contributed by atoms with E-state index in [2.05, 4.69) is 32.8 Å². The summed E-state index contributed by atoms with van der Waals surface area (Å²) in [5, 5.41) is 7.31. The number of piperidine rings is 2. The summed E-state index contributed by atoms with van der Waals surface area (Å²) in [6, 6.07) is 4.45. The van der Waals surface area contributed by atoms with Gasteiger partial charge in [0, 0.05) is 51.4 Å². The molecule has 1 aromatic carbocycles. The van der Waals surface area contributed by atoms with Crippen molar-refractivity contribution in [1.82, 2.24) is 20.7 Å². The van der Waals surface area contributed by atoms with Gasteiger partial charge in [-0.3, -0.25) is 25.2 Å². The number of rotatable bonds is 10. The Morgan fingerprint density at radius 3 is 2.55 bits per heavy atom. The lowest BCUT2D eigenvalue weighted by molar-refractivity contribution is -0.133. The van der Waals surface area contributed by atoms with Crippen LogP contribution in [0.15, 0.2) is 18.2 Å². The van der Waals surface area contributed by atoms with Gasteiger partial charge in [-0.25, -0.2) is 14.2 Å². The van der Waals surface area contributed by atoms with Gasteiger partial charge in [0.05, 0.1) is 12.3 Å². The number of carbonyl (C=O) groups excluding carboxylic acids is 3. The summed E-state index contributed by atoms with van der Waals surface area (Å²) in [5.41, 5.74) is 3.96. The molecule has 0 aromatic heterocycles. The zero-order valence-electron chi connectivity index (χ0n) is 22.3. The van der Waals surface area contributed by atoms with Crippen molar-refractivity contribution in [3.05, 3.63) is 24.0 Å². The maximum Gasteiger partial charge on any atom is 0.421 e. The van der Waals surface area contributed by atoms with Gasteiger partial charge in [0.15, 0.2) is 0 Å². The minimum atomic E-state index is -0.531. The second-order valence-corrected chi connectivity index (χ2v) is 10.5. The first-order valence-electron chi connectivity index (χ1n) is 14.0. The number of nitrogens with zero attached hydrogens (tertiary/aromatic N) is 3. The monoisotopic (exact) mass is 532 g/mol. The molecule has 1 atom stereocenters. The Bertz CT molecular complexity index is 963. The predicted molar refractivity (Wildman–Crippen MR) is 143 cm³/mol. The molecule has 0 saturated carbocycles. The van der Waals surface area contributed by atoms with Gasteiger partial charge in [-0.1, -0.05) is 13.3 Å². The van der Waals surface area contributed by atoms with Crippen molar-refractivity contribution in [2.24, 2.45) is 5.92 Å². The topological polar surface area (TPSA) is 106 Å². The zero-order chi connectivity index (χ0) is 26.9. The molecule has 1 aromatic rings. The normalized spacial score (nSPS) is 21.7. The van der Waals surface area contributed by atoms with Crippen molar-refractivity contribution >= 4 is 29.3 Å². The summed E-state index contributed by atoms with van der Waals surface area (Å²) in [6.07, 6.45) is 5.45. The largest absolute Gasteiger partial charge is 0.449 e. The quantitative estimate of drug-likeness (QED) is 0.312. The SMILES string of the molecule is CCCCOC(=O)NN1CCC(CCN2CCN(c3ccc(NC4CCC(=O)NC4=O)cc3F)CC2)CC1. The molecule has 3 fully saturated rings.